The van der Waals surface area contributed by atoms with E-state index in [0.29, 0.717) is 12.8 Å². The molecule has 0 rings (SSSR count). The first kappa shape index (κ1) is 15.9. The number of carboxylic acid groups (broad SMARTS) is 2. The summed E-state index contributed by atoms with van der Waals surface area (Å²) in [7, 11) is 0. The van der Waals surface area contributed by atoms with Crippen LogP contribution in [0.5, 0.6) is 0 Å². The third kappa shape index (κ3) is 6.97. The standard InChI is InChI=1S/C13H24O4/c1-3-5-7-13(8-6-4-2,9-11(14)15)10-12(16)17/h3-10H2,1-2H3,(H,14,15)(H,16,17). The predicted molar refractivity (Wildman–Crippen MR) is 66.0 cm³/mol. The van der Waals surface area contributed by atoms with Crippen molar-refractivity contribution >= 4 is 11.9 Å². The summed E-state index contributed by atoms with van der Waals surface area (Å²) in [6.45, 7) is 4.07. The van der Waals surface area contributed by atoms with E-state index in [1.165, 1.54) is 0 Å². The predicted octanol–water partition coefficient (Wildman–Crippen LogP) is 3.30. The van der Waals surface area contributed by atoms with Crippen molar-refractivity contribution < 1.29 is 19.8 Å². The smallest absolute Gasteiger partial charge is 0.303 e. The first-order valence-electron chi connectivity index (χ1n) is 6.39. The minimum Gasteiger partial charge on any atom is -0.481 e. The molecule has 0 radical (unpaired) electrons. The maximum Gasteiger partial charge on any atom is 0.303 e. The number of unbranched alkanes of at least 4 members (excludes halogenated alkanes) is 2. The lowest BCUT2D eigenvalue weighted by Gasteiger charge is -2.31. The maximum absolute atomic E-state index is 10.9. The van der Waals surface area contributed by atoms with Gasteiger partial charge in [-0.15, -0.1) is 0 Å². The molecule has 2 N–H and O–H groups in total. The van der Waals surface area contributed by atoms with Crippen LogP contribution in [-0.2, 0) is 9.59 Å². The van der Waals surface area contributed by atoms with Gasteiger partial charge in [0.05, 0.1) is 12.8 Å². The van der Waals surface area contributed by atoms with Gasteiger partial charge in [0, 0.05) is 0 Å². The van der Waals surface area contributed by atoms with Crippen molar-refractivity contribution in [1.29, 1.82) is 0 Å². The number of hydrogen-bond donors (Lipinski definition) is 2. The molecule has 0 saturated heterocycles. The SMILES string of the molecule is CCCCC(CCCC)(CC(=O)O)CC(=O)O. The summed E-state index contributed by atoms with van der Waals surface area (Å²) in [5.41, 5.74) is -0.552. The van der Waals surface area contributed by atoms with Crippen molar-refractivity contribution in [3.63, 3.8) is 0 Å². The molecule has 0 aliphatic carbocycles. The average Bonchev–Trinajstić information content (AvgIpc) is 2.22. The highest BCUT2D eigenvalue weighted by atomic mass is 16.4. The summed E-state index contributed by atoms with van der Waals surface area (Å²) in [5.74, 6) is -1.78. The molecule has 4 heteroatoms. The van der Waals surface area contributed by atoms with E-state index in [4.69, 9.17) is 10.2 Å². The highest BCUT2D eigenvalue weighted by Gasteiger charge is 2.34. The molecule has 0 amide bonds. The highest BCUT2D eigenvalue weighted by molar-refractivity contribution is 5.71. The van der Waals surface area contributed by atoms with E-state index in [0.717, 1.165) is 25.7 Å². The zero-order valence-corrected chi connectivity index (χ0v) is 10.9. The van der Waals surface area contributed by atoms with Crippen LogP contribution in [0, 0.1) is 5.41 Å². The number of aliphatic carboxylic acids is 2. The van der Waals surface area contributed by atoms with Crippen molar-refractivity contribution in [3.8, 4) is 0 Å². The summed E-state index contributed by atoms with van der Waals surface area (Å²) in [5, 5.41) is 17.9. The van der Waals surface area contributed by atoms with Crippen LogP contribution in [0.15, 0.2) is 0 Å². The lowest BCUT2D eigenvalue weighted by molar-refractivity contribution is -0.144. The third-order valence-electron chi connectivity index (χ3n) is 3.17. The topological polar surface area (TPSA) is 74.6 Å². The molecule has 0 atom stereocenters. The van der Waals surface area contributed by atoms with E-state index >= 15 is 0 Å². The summed E-state index contributed by atoms with van der Waals surface area (Å²) in [4.78, 5) is 21.9. The molecule has 0 aliphatic heterocycles. The molecule has 0 aromatic carbocycles. The normalized spacial score (nSPS) is 11.4. The van der Waals surface area contributed by atoms with Crippen LogP contribution in [0.1, 0.15) is 65.2 Å². The van der Waals surface area contributed by atoms with Gasteiger partial charge in [-0.1, -0.05) is 39.5 Å². The fraction of sp³-hybridized carbons (Fsp3) is 0.846. The van der Waals surface area contributed by atoms with Crippen LogP contribution in [0.4, 0.5) is 0 Å². The minimum atomic E-state index is -0.890. The van der Waals surface area contributed by atoms with Gasteiger partial charge in [-0.2, -0.15) is 0 Å². The van der Waals surface area contributed by atoms with Crippen molar-refractivity contribution in [1.82, 2.24) is 0 Å². The second-order valence-corrected chi connectivity index (χ2v) is 4.85. The minimum absolute atomic E-state index is 0.0285. The first-order chi connectivity index (χ1) is 7.95. The fourth-order valence-electron chi connectivity index (χ4n) is 2.29. The molecule has 0 unspecified atom stereocenters. The quantitative estimate of drug-likeness (QED) is 0.618. The van der Waals surface area contributed by atoms with Gasteiger partial charge >= 0.3 is 11.9 Å². The van der Waals surface area contributed by atoms with Crippen LogP contribution in [0.3, 0.4) is 0 Å². The maximum atomic E-state index is 10.9. The average molecular weight is 244 g/mol. The Labute approximate surface area is 103 Å². The summed E-state index contributed by atoms with van der Waals surface area (Å²) in [6, 6.07) is 0. The first-order valence-corrected chi connectivity index (χ1v) is 6.39. The van der Waals surface area contributed by atoms with E-state index < -0.39 is 17.4 Å². The third-order valence-corrected chi connectivity index (χ3v) is 3.17. The molecule has 0 fully saturated rings. The van der Waals surface area contributed by atoms with Gasteiger partial charge < -0.3 is 10.2 Å². The molecule has 0 bridgehead atoms. The van der Waals surface area contributed by atoms with Gasteiger partial charge in [0.1, 0.15) is 0 Å². The van der Waals surface area contributed by atoms with E-state index in [2.05, 4.69) is 0 Å². The summed E-state index contributed by atoms with van der Waals surface area (Å²) >= 11 is 0. The molecule has 0 heterocycles. The monoisotopic (exact) mass is 244 g/mol. The number of hydrogen-bond acceptors (Lipinski definition) is 2. The Morgan fingerprint density at radius 3 is 1.47 bits per heavy atom. The van der Waals surface area contributed by atoms with E-state index in [9.17, 15) is 9.59 Å². The van der Waals surface area contributed by atoms with Gasteiger partial charge in [-0.3, -0.25) is 9.59 Å². The molecule has 0 spiro atoms. The summed E-state index contributed by atoms with van der Waals surface area (Å²) in [6.07, 6.45) is 5.05. The number of carboxylic acids is 2. The lowest BCUT2D eigenvalue weighted by atomic mass is 9.73. The molecular weight excluding hydrogens is 220 g/mol. The zero-order valence-electron chi connectivity index (χ0n) is 10.9. The van der Waals surface area contributed by atoms with Crippen LogP contribution in [0.2, 0.25) is 0 Å². The molecule has 17 heavy (non-hydrogen) atoms. The Balaban J connectivity index is 4.75. The molecule has 0 aromatic rings. The largest absolute Gasteiger partial charge is 0.481 e. The molecule has 0 aliphatic rings. The Morgan fingerprint density at radius 2 is 1.24 bits per heavy atom. The fourth-order valence-corrected chi connectivity index (χ4v) is 2.29. The zero-order chi connectivity index (χ0) is 13.3. The van der Waals surface area contributed by atoms with E-state index in [1.54, 1.807) is 0 Å². The molecule has 0 saturated carbocycles. The van der Waals surface area contributed by atoms with Crippen LogP contribution in [-0.4, -0.2) is 22.2 Å². The van der Waals surface area contributed by atoms with Crippen LogP contribution < -0.4 is 0 Å². The molecule has 0 aromatic heterocycles. The van der Waals surface area contributed by atoms with Crippen molar-refractivity contribution in [2.45, 2.75) is 65.2 Å². The van der Waals surface area contributed by atoms with Crippen LogP contribution in [0.25, 0.3) is 0 Å². The Morgan fingerprint density at radius 1 is 0.882 bits per heavy atom. The molecular formula is C13H24O4. The van der Waals surface area contributed by atoms with Crippen molar-refractivity contribution in [3.05, 3.63) is 0 Å². The second kappa shape index (κ2) is 8.09. The second-order valence-electron chi connectivity index (χ2n) is 4.85. The summed E-state index contributed by atoms with van der Waals surface area (Å²) < 4.78 is 0. The van der Waals surface area contributed by atoms with Gasteiger partial charge in [-0.25, -0.2) is 0 Å². The molecule has 100 valence electrons. The van der Waals surface area contributed by atoms with E-state index in [1.807, 2.05) is 13.8 Å². The van der Waals surface area contributed by atoms with Gasteiger partial charge in [-0.05, 0) is 18.3 Å². The Kier molecular flexibility index (Phi) is 7.59. The molecule has 4 nitrogen and oxygen atoms in total. The number of rotatable bonds is 10. The number of carbonyl (C=O) groups is 2. The van der Waals surface area contributed by atoms with Gasteiger partial charge in [0.2, 0.25) is 0 Å². The van der Waals surface area contributed by atoms with Gasteiger partial charge in [0.15, 0.2) is 0 Å². The Hall–Kier alpha value is -1.06. The van der Waals surface area contributed by atoms with Crippen molar-refractivity contribution in [2.75, 3.05) is 0 Å². The lowest BCUT2D eigenvalue weighted by Crippen LogP contribution is -2.28. The van der Waals surface area contributed by atoms with E-state index in [-0.39, 0.29) is 12.8 Å². The highest BCUT2D eigenvalue weighted by Crippen LogP contribution is 2.38. The van der Waals surface area contributed by atoms with Crippen LogP contribution >= 0.6 is 0 Å². The van der Waals surface area contributed by atoms with Crippen molar-refractivity contribution in [2.24, 2.45) is 5.41 Å². The van der Waals surface area contributed by atoms with Gasteiger partial charge in [0.25, 0.3) is 0 Å². The Bertz CT molecular complexity index is 222.